The highest BCUT2D eigenvalue weighted by atomic mass is 35.5. The van der Waals surface area contributed by atoms with Crippen molar-refractivity contribution in [1.29, 1.82) is 0 Å². The smallest absolute Gasteiger partial charge is 0.307 e. The van der Waals surface area contributed by atoms with Gasteiger partial charge in [-0.1, -0.05) is 13.8 Å². The molecule has 0 aliphatic carbocycles. The van der Waals surface area contributed by atoms with Crippen LogP contribution in [0.2, 0.25) is 0 Å². The third-order valence-corrected chi connectivity index (χ3v) is 4.71. The fourth-order valence-electron chi connectivity index (χ4n) is 2.93. The highest BCUT2D eigenvalue weighted by Crippen LogP contribution is 2.22. The molecule has 22 heavy (non-hydrogen) atoms. The minimum absolute atomic E-state index is 0. The Balaban J connectivity index is 0.00000441. The van der Waals surface area contributed by atoms with Gasteiger partial charge in [-0.15, -0.1) is 12.4 Å². The summed E-state index contributed by atoms with van der Waals surface area (Å²) in [5.74, 6) is 0.439. The van der Waals surface area contributed by atoms with E-state index in [4.69, 9.17) is 4.74 Å². The molecule has 1 aliphatic heterocycles. The highest BCUT2D eigenvalue weighted by Gasteiger charge is 2.31. The lowest BCUT2D eigenvalue weighted by atomic mass is 9.88. The second-order valence-corrected chi connectivity index (χ2v) is 6.02. The number of halogens is 1. The largest absolute Gasteiger partial charge is 0.469 e. The van der Waals surface area contributed by atoms with Crippen molar-refractivity contribution in [3.63, 3.8) is 0 Å². The van der Waals surface area contributed by atoms with Crippen LogP contribution in [0.15, 0.2) is 0 Å². The number of hydrogen-bond donors (Lipinski definition) is 2. The molecule has 1 amide bonds. The van der Waals surface area contributed by atoms with E-state index in [1.165, 1.54) is 7.11 Å². The van der Waals surface area contributed by atoms with Crippen molar-refractivity contribution in [2.45, 2.75) is 64.3 Å². The summed E-state index contributed by atoms with van der Waals surface area (Å²) in [7, 11) is 1.39. The molecule has 0 aromatic rings. The van der Waals surface area contributed by atoms with E-state index in [-0.39, 0.29) is 30.7 Å². The fraction of sp³-hybridized carbons (Fsp3) is 0.875. The van der Waals surface area contributed by atoms with Gasteiger partial charge in [0.1, 0.15) is 0 Å². The number of ether oxygens (including phenoxy) is 1. The van der Waals surface area contributed by atoms with Crippen LogP contribution in [0.5, 0.6) is 0 Å². The van der Waals surface area contributed by atoms with Crippen molar-refractivity contribution in [2.75, 3.05) is 20.2 Å². The predicted molar refractivity (Wildman–Crippen MR) is 90.2 cm³/mol. The van der Waals surface area contributed by atoms with Crippen molar-refractivity contribution in [3.05, 3.63) is 0 Å². The molecule has 1 fully saturated rings. The molecule has 5 nitrogen and oxygen atoms in total. The first kappa shape index (κ1) is 21.2. The van der Waals surface area contributed by atoms with Gasteiger partial charge in [-0.3, -0.25) is 9.59 Å². The van der Waals surface area contributed by atoms with Crippen LogP contribution in [0.25, 0.3) is 0 Å². The van der Waals surface area contributed by atoms with Crippen molar-refractivity contribution in [1.82, 2.24) is 10.6 Å². The normalized spacial score (nSPS) is 15.8. The Morgan fingerprint density at radius 3 is 2.32 bits per heavy atom. The summed E-state index contributed by atoms with van der Waals surface area (Å²) in [4.78, 5) is 23.8. The maximum Gasteiger partial charge on any atom is 0.307 e. The summed E-state index contributed by atoms with van der Waals surface area (Å²) in [6.45, 7) is 6.12. The SMILES string of the molecule is CCC(CC)(CC(=O)OC)NC(=O)CCC1CCNCC1.Cl. The van der Waals surface area contributed by atoms with Crippen molar-refractivity contribution in [2.24, 2.45) is 5.92 Å². The molecular weight excluding hydrogens is 304 g/mol. The number of esters is 1. The molecule has 0 bridgehead atoms. The van der Waals surface area contributed by atoms with Crippen molar-refractivity contribution >= 4 is 24.3 Å². The molecule has 0 aromatic carbocycles. The van der Waals surface area contributed by atoms with Crippen LogP contribution >= 0.6 is 12.4 Å². The van der Waals surface area contributed by atoms with Crippen LogP contribution in [0.3, 0.4) is 0 Å². The summed E-state index contributed by atoms with van der Waals surface area (Å²) in [5, 5.41) is 6.41. The predicted octanol–water partition coefficient (Wildman–Crippen LogP) is 2.43. The Labute approximate surface area is 140 Å². The van der Waals surface area contributed by atoms with E-state index in [9.17, 15) is 9.59 Å². The van der Waals surface area contributed by atoms with Crippen molar-refractivity contribution in [3.8, 4) is 0 Å². The van der Waals surface area contributed by atoms with E-state index in [0.717, 1.165) is 45.2 Å². The minimum Gasteiger partial charge on any atom is -0.469 e. The molecule has 2 N–H and O–H groups in total. The maximum atomic E-state index is 12.2. The van der Waals surface area contributed by atoms with Crippen molar-refractivity contribution < 1.29 is 14.3 Å². The van der Waals surface area contributed by atoms with Crippen LogP contribution in [0, 0.1) is 5.92 Å². The Morgan fingerprint density at radius 1 is 1.23 bits per heavy atom. The quantitative estimate of drug-likeness (QED) is 0.669. The fourth-order valence-corrected chi connectivity index (χ4v) is 2.93. The lowest BCUT2D eigenvalue weighted by Gasteiger charge is -2.32. The molecule has 0 radical (unpaired) electrons. The van der Waals surface area contributed by atoms with Gasteiger partial charge in [0.25, 0.3) is 0 Å². The number of piperidine rings is 1. The average Bonchev–Trinajstić information content (AvgIpc) is 2.53. The van der Waals surface area contributed by atoms with Gasteiger partial charge in [0.15, 0.2) is 0 Å². The van der Waals surface area contributed by atoms with Gasteiger partial charge in [0.2, 0.25) is 5.91 Å². The minimum atomic E-state index is -0.460. The Hall–Kier alpha value is -0.810. The van der Waals surface area contributed by atoms with Gasteiger partial charge in [-0.05, 0) is 51.1 Å². The standard InChI is InChI=1S/C16H30N2O3.ClH/c1-4-16(5-2,12-15(20)21-3)18-14(19)7-6-13-8-10-17-11-9-13;/h13,17H,4-12H2,1-3H3,(H,18,19);1H. The van der Waals surface area contributed by atoms with Gasteiger partial charge in [-0.2, -0.15) is 0 Å². The van der Waals surface area contributed by atoms with E-state index >= 15 is 0 Å². The zero-order valence-corrected chi connectivity index (χ0v) is 14.9. The van der Waals surface area contributed by atoms with E-state index < -0.39 is 5.54 Å². The summed E-state index contributed by atoms with van der Waals surface area (Å²) in [5.41, 5.74) is -0.460. The van der Waals surface area contributed by atoms with Gasteiger partial charge < -0.3 is 15.4 Å². The number of methoxy groups -OCH3 is 1. The molecule has 6 heteroatoms. The summed E-state index contributed by atoms with van der Waals surface area (Å²) < 4.78 is 4.75. The summed E-state index contributed by atoms with van der Waals surface area (Å²) in [6.07, 6.45) is 5.51. The Kier molecular flexibility index (Phi) is 10.4. The third-order valence-electron chi connectivity index (χ3n) is 4.71. The van der Waals surface area contributed by atoms with E-state index in [2.05, 4.69) is 10.6 Å². The summed E-state index contributed by atoms with van der Waals surface area (Å²) in [6, 6.07) is 0. The Bertz CT molecular complexity index is 340. The molecule has 130 valence electrons. The molecule has 1 saturated heterocycles. The van der Waals surface area contributed by atoms with Gasteiger partial charge in [0.05, 0.1) is 13.5 Å². The van der Waals surface area contributed by atoms with Crippen LogP contribution in [0.1, 0.15) is 58.8 Å². The van der Waals surface area contributed by atoms with Gasteiger partial charge >= 0.3 is 5.97 Å². The second kappa shape index (κ2) is 10.8. The van der Waals surface area contributed by atoms with Crippen LogP contribution < -0.4 is 10.6 Å². The molecule has 0 aromatic heterocycles. The number of carbonyl (C=O) groups is 2. The number of hydrogen-bond acceptors (Lipinski definition) is 4. The maximum absolute atomic E-state index is 12.2. The number of amides is 1. The van der Waals surface area contributed by atoms with E-state index in [1.54, 1.807) is 0 Å². The topological polar surface area (TPSA) is 67.4 Å². The molecule has 1 aliphatic rings. The van der Waals surface area contributed by atoms with Gasteiger partial charge in [0, 0.05) is 12.0 Å². The van der Waals surface area contributed by atoms with Crippen LogP contribution in [-0.4, -0.2) is 37.6 Å². The first-order valence-electron chi connectivity index (χ1n) is 8.13. The monoisotopic (exact) mass is 334 g/mol. The molecular formula is C16H31ClN2O3. The van der Waals surface area contributed by atoms with Gasteiger partial charge in [-0.25, -0.2) is 0 Å². The molecule has 0 unspecified atom stereocenters. The first-order chi connectivity index (χ1) is 10.0. The van der Waals surface area contributed by atoms with E-state index in [1.807, 2.05) is 13.8 Å². The molecule has 1 heterocycles. The Morgan fingerprint density at radius 2 is 1.82 bits per heavy atom. The van der Waals surface area contributed by atoms with E-state index in [0.29, 0.717) is 12.3 Å². The zero-order chi connectivity index (χ0) is 15.7. The highest BCUT2D eigenvalue weighted by molar-refractivity contribution is 5.85. The van der Waals surface area contributed by atoms with Crippen LogP contribution in [-0.2, 0) is 14.3 Å². The number of carbonyl (C=O) groups excluding carboxylic acids is 2. The molecule has 1 rings (SSSR count). The summed E-state index contributed by atoms with van der Waals surface area (Å²) >= 11 is 0. The molecule has 0 spiro atoms. The third kappa shape index (κ3) is 6.97. The second-order valence-electron chi connectivity index (χ2n) is 6.02. The van der Waals surface area contributed by atoms with Crippen LogP contribution in [0.4, 0.5) is 0 Å². The average molecular weight is 335 g/mol. The lowest BCUT2D eigenvalue weighted by molar-refractivity contribution is -0.142. The number of rotatable bonds is 8. The molecule has 0 atom stereocenters. The number of nitrogens with one attached hydrogen (secondary N) is 2. The lowest BCUT2D eigenvalue weighted by Crippen LogP contribution is -2.49. The zero-order valence-electron chi connectivity index (χ0n) is 14.1. The molecule has 0 saturated carbocycles. The first-order valence-corrected chi connectivity index (χ1v) is 8.13.